The van der Waals surface area contributed by atoms with E-state index in [2.05, 4.69) is 4.99 Å². The zero-order valence-electron chi connectivity index (χ0n) is 14.3. The molecule has 6 heteroatoms. The molecular formula is C19H18N2O3S. The predicted molar refractivity (Wildman–Crippen MR) is 97.8 cm³/mol. The van der Waals surface area contributed by atoms with Crippen LogP contribution in [0.2, 0.25) is 0 Å². The van der Waals surface area contributed by atoms with Gasteiger partial charge in [-0.05, 0) is 43.7 Å². The number of hydrogen-bond donors (Lipinski definition) is 0. The molecule has 1 amide bonds. The summed E-state index contributed by atoms with van der Waals surface area (Å²) in [5.41, 5.74) is 2.89. The van der Waals surface area contributed by atoms with Gasteiger partial charge in [-0.25, -0.2) is 4.79 Å². The molecule has 0 unspecified atom stereocenters. The summed E-state index contributed by atoms with van der Waals surface area (Å²) in [6.07, 6.45) is 0. The minimum absolute atomic E-state index is 0.272. The molecule has 0 aliphatic rings. The fraction of sp³-hybridized carbons (Fsp3) is 0.211. The first-order chi connectivity index (χ1) is 12.0. The maximum absolute atomic E-state index is 12.5. The van der Waals surface area contributed by atoms with E-state index in [9.17, 15) is 9.59 Å². The number of carbonyl (C=O) groups is 2. The molecule has 1 heterocycles. The number of benzene rings is 2. The predicted octanol–water partition coefficient (Wildman–Crippen LogP) is 3.47. The lowest BCUT2D eigenvalue weighted by Crippen LogP contribution is -2.13. The molecule has 0 saturated carbocycles. The Balaban J connectivity index is 2.05. The molecule has 0 aliphatic heterocycles. The number of rotatable bonds is 3. The Bertz CT molecular complexity index is 1030. The van der Waals surface area contributed by atoms with Crippen molar-refractivity contribution in [3.05, 3.63) is 64.0 Å². The molecule has 0 aliphatic carbocycles. The van der Waals surface area contributed by atoms with E-state index in [0.717, 1.165) is 15.8 Å². The van der Waals surface area contributed by atoms with Crippen LogP contribution < -0.4 is 4.80 Å². The summed E-state index contributed by atoms with van der Waals surface area (Å²) in [5, 5.41) is 0. The van der Waals surface area contributed by atoms with Gasteiger partial charge in [0.15, 0.2) is 4.80 Å². The van der Waals surface area contributed by atoms with Gasteiger partial charge in [-0.3, -0.25) is 4.79 Å². The Kier molecular flexibility index (Phi) is 4.81. The van der Waals surface area contributed by atoms with Crippen LogP contribution >= 0.6 is 11.3 Å². The molecular weight excluding hydrogens is 336 g/mol. The maximum Gasteiger partial charge on any atom is 0.338 e. The second-order valence-electron chi connectivity index (χ2n) is 5.58. The molecule has 3 rings (SSSR count). The third-order valence-electron chi connectivity index (χ3n) is 3.89. The lowest BCUT2D eigenvalue weighted by atomic mass is 10.1. The highest BCUT2D eigenvalue weighted by atomic mass is 32.1. The van der Waals surface area contributed by atoms with Crippen molar-refractivity contribution in [3.63, 3.8) is 0 Å². The van der Waals surface area contributed by atoms with E-state index in [1.807, 2.05) is 42.8 Å². The molecule has 2 aromatic carbocycles. The molecule has 0 saturated heterocycles. The Labute approximate surface area is 149 Å². The first kappa shape index (κ1) is 17.1. The van der Waals surface area contributed by atoms with Gasteiger partial charge in [0.05, 0.1) is 22.4 Å². The van der Waals surface area contributed by atoms with Crippen LogP contribution in [0, 0.1) is 6.92 Å². The van der Waals surface area contributed by atoms with E-state index in [0.29, 0.717) is 22.5 Å². The Hall–Kier alpha value is -2.73. The number of hydrogen-bond acceptors (Lipinski definition) is 4. The van der Waals surface area contributed by atoms with Crippen LogP contribution in [-0.2, 0) is 11.8 Å². The Morgan fingerprint density at radius 1 is 1.20 bits per heavy atom. The molecule has 0 radical (unpaired) electrons. The van der Waals surface area contributed by atoms with Gasteiger partial charge in [-0.1, -0.05) is 29.5 Å². The first-order valence-electron chi connectivity index (χ1n) is 7.92. The highest BCUT2D eigenvalue weighted by Crippen LogP contribution is 2.19. The topological polar surface area (TPSA) is 60.7 Å². The molecule has 0 bridgehead atoms. The van der Waals surface area contributed by atoms with Gasteiger partial charge >= 0.3 is 5.97 Å². The highest BCUT2D eigenvalue weighted by molar-refractivity contribution is 7.16. The van der Waals surface area contributed by atoms with Crippen molar-refractivity contribution in [2.45, 2.75) is 13.8 Å². The summed E-state index contributed by atoms with van der Waals surface area (Å²) in [7, 11) is 1.85. The molecule has 0 spiro atoms. The highest BCUT2D eigenvalue weighted by Gasteiger charge is 2.12. The van der Waals surface area contributed by atoms with Crippen molar-refractivity contribution in [2.24, 2.45) is 12.0 Å². The van der Waals surface area contributed by atoms with Gasteiger partial charge in [0.25, 0.3) is 5.91 Å². The fourth-order valence-electron chi connectivity index (χ4n) is 2.54. The minimum Gasteiger partial charge on any atom is -0.462 e. The van der Waals surface area contributed by atoms with Crippen LogP contribution in [0.3, 0.4) is 0 Å². The van der Waals surface area contributed by atoms with Gasteiger partial charge < -0.3 is 9.30 Å². The number of esters is 1. The van der Waals surface area contributed by atoms with Crippen LogP contribution in [0.4, 0.5) is 0 Å². The summed E-state index contributed by atoms with van der Waals surface area (Å²) in [5.74, 6) is -0.624. The SMILES string of the molecule is CCOC(=O)c1ccc2c(c1)sc(=NC(=O)c1ccccc1C)n2C. The van der Waals surface area contributed by atoms with E-state index in [1.54, 1.807) is 25.1 Å². The smallest absolute Gasteiger partial charge is 0.338 e. The van der Waals surface area contributed by atoms with Crippen molar-refractivity contribution >= 4 is 33.4 Å². The molecule has 3 aromatic rings. The van der Waals surface area contributed by atoms with Crippen molar-refractivity contribution in [1.29, 1.82) is 0 Å². The molecule has 1 aromatic heterocycles. The van der Waals surface area contributed by atoms with E-state index in [4.69, 9.17) is 4.74 Å². The second-order valence-corrected chi connectivity index (χ2v) is 6.59. The van der Waals surface area contributed by atoms with Gasteiger partial charge in [0.1, 0.15) is 0 Å². The molecule has 0 N–H and O–H groups in total. The van der Waals surface area contributed by atoms with Crippen LogP contribution in [0.25, 0.3) is 10.2 Å². The first-order valence-corrected chi connectivity index (χ1v) is 8.74. The maximum atomic E-state index is 12.5. The van der Waals surface area contributed by atoms with E-state index in [-0.39, 0.29) is 11.9 Å². The van der Waals surface area contributed by atoms with E-state index < -0.39 is 0 Å². The Morgan fingerprint density at radius 3 is 2.68 bits per heavy atom. The summed E-state index contributed by atoms with van der Waals surface area (Å²) >= 11 is 1.37. The summed E-state index contributed by atoms with van der Waals surface area (Å²) in [4.78, 5) is 29.2. The molecule has 25 heavy (non-hydrogen) atoms. The van der Waals surface area contributed by atoms with Crippen LogP contribution in [-0.4, -0.2) is 23.1 Å². The largest absolute Gasteiger partial charge is 0.462 e. The zero-order valence-corrected chi connectivity index (χ0v) is 15.1. The molecule has 0 atom stereocenters. The average molecular weight is 354 g/mol. The number of fused-ring (bicyclic) bond motifs is 1. The van der Waals surface area contributed by atoms with Crippen LogP contribution in [0.15, 0.2) is 47.5 Å². The molecule has 0 fully saturated rings. The number of aryl methyl sites for hydroxylation is 2. The number of amides is 1. The lowest BCUT2D eigenvalue weighted by molar-refractivity contribution is 0.0526. The van der Waals surface area contributed by atoms with Gasteiger partial charge in [0.2, 0.25) is 0 Å². The van der Waals surface area contributed by atoms with Crippen molar-refractivity contribution < 1.29 is 14.3 Å². The van der Waals surface area contributed by atoms with Crippen molar-refractivity contribution in [1.82, 2.24) is 4.57 Å². The number of ether oxygens (including phenoxy) is 1. The number of aromatic nitrogens is 1. The molecule has 128 valence electrons. The van der Waals surface area contributed by atoms with E-state index >= 15 is 0 Å². The summed E-state index contributed by atoms with van der Waals surface area (Å²) in [6, 6.07) is 12.7. The summed E-state index contributed by atoms with van der Waals surface area (Å²) < 4.78 is 7.76. The van der Waals surface area contributed by atoms with Gasteiger partial charge in [-0.15, -0.1) is 0 Å². The fourth-order valence-corrected chi connectivity index (χ4v) is 3.60. The second kappa shape index (κ2) is 7.03. The van der Waals surface area contributed by atoms with Crippen LogP contribution in [0.5, 0.6) is 0 Å². The van der Waals surface area contributed by atoms with Gasteiger partial charge in [-0.2, -0.15) is 4.99 Å². The standard InChI is InChI=1S/C19H18N2O3S/c1-4-24-18(23)13-9-10-15-16(11-13)25-19(21(15)3)20-17(22)14-8-6-5-7-12(14)2/h5-11H,4H2,1-3H3. The average Bonchev–Trinajstić information content (AvgIpc) is 2.90. The van der Waals surface area contributed by atoms with Crippen LogP contribution in [0.1, 0.15) is 33.2 Å². The number of carbonyl (C=O) groups excluding carboxylic acids is 2. The van der Waals surface area contributed by atoms with E-state index in [1.165, 1.54) is 11.3 Å². The minimum atomic E-state index is -0.352. The van der Waals surface area contributed by atoms with Crippen molar-refractivity contribution in [3.8, 4) is 0 Å². The normalized spacial score (nSPS) is 11.7. The quantitative estimate of drug-likeness (QED) is 0.677. The monoisotopic (exact) mass is 354 g/mol. The molecule has 5 nitrogen and oxygen atoms in total. The number of nitrogens with zero attached hydrogens (tertiary/aromatic N) is 2. The third kappa shape index (κ3) is 3.39. The lowest BCUT2D eigenvalue weighted by Gasteiger charge is -2.02. The van der Waals surface area contributed by atoms with Gasteiger partial charge in [0, 0.05) is 12.6 Å². The zero-order chi connectivity index (χ0) is 18.0. The summed E-state index contributed by atoms with van der Waals surface area (Å²) in [6.45, 7) is 4.00. The number of thiazole rings is 1. The Morgan fingerprint density at radius 2 is 1.96 bits per heavy atom. The van der Waals surface area contributed by atoms with Crippen molar-refractivity contribution in [2.75, 3.05) is 6.61 Å². The third-order valence-corrected chi connectivity index (χ3v) is 4.99.